The molecule has 3 heteroatoms. The molecule has 0 fully saturated rings. The van der Waals surface area contributed by atoms with E-state index in [9.17, 15) is 0 Å². The summed E-state index contributed by atoms with van der Waals surface area (Å²) >= 11 is 0. The Labute approximate surface area is 121 Å². The lowest BCUT2D eigenvalue weighted by Crippen LogP contribution is -2.33. The number of nitrogen functional groups attached to an aromatic ring is 1. The molecule has 1 unspecified atom stereocenters. The Hall–Kier alpha value is -1.77. The van der Waals surface area contributed by atoms with Gasteiger partial charge in [0.25, 0.3) is 0 Å². The fourth-order valence-electron chi connectivity index (χ4n) is 2.57. The van der Waals surface area contributed by atoms with Gasteiger partial charge in [0, 0.05) is 47.1 Å². The first kappa shape index (κ1) is 14.6. The lowest BCUT2D eigenvalue weighted by molar-refractivity contribution is 0.597. The second kappa shape index (κ2) is 6.60. The van der Waals surface area contributed by atoms with E-state index in [1.54, 1.807) is 0 Å². The van der Waals surface area contributed by atoms with Gasteiger partial charge in [0.1, 0.15) is 0 Å². The summed E-state index contributed by atoms with van der Waals surface area (Å²) in [5, 5.41) is 2.26. The van der Waals surface area contributed by atoms with E-state index in [1.165, 1.54) is 23.9 Å². The average Bonchev–Trinajstić information content (AvgIpc) is 2.49. The molecule has 2 rings (SSSR count). The van der Waals surface area contributed by atoms with Gasteiger partial charge in [0.15, 0.2) is 0 Å². The quantitative estimate of drug-likeness (QED) is 0.800. The average molecular weight is 271 g/mol. The van der Waals surface area contributed by atoms with Crippen molar-refractivity contribution in [3.05, 3.63) is 30.6 Å². The highest BCUT2D eigenvalue weighted by Gasteiger charge is 2.15. The van der Waals surface area contributed by atoms with E-state index in [1.807, 2.05) is 18.5 Å². The normalized spacial score (nSPS) is 12.6. The van der Waals surface area contributed by atoms with Gasteiger partial charge in [-0.3, -0.25) is 4.98 Å². The maximum absolute atomic E-state index is 6.08. The molecule has 1 atom stereocenters. The summed E-state index contributed by atoms with van der Waals surface area (Å²) in [6.07, 6.45) is 7.27. The summed E-state index contributed by atoms with van der Waals surface area (Å²) in [5.74, 6) is 0. The molecule has 0 bridgehead atoms. The van der Waals surface area contributed by atoms with Crippen LogP contribution in [-0.4, -0.2) is 17.6 Å². The van der Waals surface area contributed by atoms with E-state index >= 15 is 0 Å². The number of fused-ring (bicyclic) bond motifs is 1. The molecule has 20 heavy (non-hydrogen) atoms. The number of hydrogen-bond acceptors (Lipinski definition) is 3. The molecule has 2 N–H and O–H groups in total. The number of benzene rings is 1. The number of unbranched alkanes of at least 4 members (excludes halogenated alkanes) is 1. The van der Waals surface area contributed by atoms with Gasteiger partial charge >= 0.3 is 0 Å². The predicted molar refractivity (Wildman–Crippen MR) is 88.2 cm³/mol. The molecule has 108 valence electrons. The van der Waals surface area contributed by atoms with Crippen LogP contribution in [0.2, 0.25) is 0 Å². The fraction of sp³-hybridized carbons (Fsp3) is 0.471. The monoisotopic (exact) mass is 271 g/mol. The Bertz CT molecular complexity index is 565. The van der Waals surface area contributed by atoms with Crippen LogP contribution in [0.4, 0.5) is 11.4 Å². The van der Waals surface area contributed by atoms with Crippen LogP contribution in [0.3, 0.4) is 0 Å². The molecule has 0 spiro atoms. The Morgan fingerprint density at radius 2 is 2.00 bits per heavy atom. The Morgan fingerprint density at radius 1 is 1.20 bits per heavy atom. The number of aromatic nitrogens is 1. The molecule has 0 amide bonds. The topological polar surface area (TPSA) is 42.1 Å². The molecule has 2 aromatic rings. The van der Waals surface area contributed by atoms with Crippen LogP contribution < -0.4 is 10.6 Å². The summed E-state index contributed by atoms with van der Waals surface area (Å²) in [4.78, 5) is 6.71. The molecular weight excluding hydrogens is 246 g/mol. The first-order valence-corrected chi connectivity index (χ1v) is 7.57. The summed E-state index contributed by atoms with van der Waals surface area (Å²) < 4.78 is 0. The second-order valence-corrected chi connectivity index (χ2v) is 5.40. The van der Waals surface area contributed by atoms with E-state index in [0.717, 1.165) is 24.0 Å². The summed E-state index contributed by atoms with van der Waals surface area (Å²) in [6.45, 7) is 7.86. The Kier molecular flexibility index (Phi) is 4.83. The van der Waals surface area contributed by atoms with Crippen molar-refractivity contribution >= 4 is 22.1 Å². The van der Waals surface area contributed by atoms with Gasteiger partial charge in [0.2, 0.25) is 0 Å². The zero-order chi connectivity index (χ0) is 14.5. The molecule has 0 saturated carbocycles. The van der Waals surface area contributed by atoms with Crippen molar-refractivity contribution in [3.8, 4) is 0 Å². The maximum Gasteiger partial charge on any atom is 0.0450 e. The zero-order valence-corrected chi connectivity index (χ0v) is 12.8. The minimum absolute atomic E-state index is 0.529. The van der Waals surface area contributed by atoms with E-state index in [2.05, 4.69) is 42.8 Å². The smallest absolute Gasteiger partial charge is 0.0450 e. The molecule has 0 radical (unpaired) electrons. The van der Waals surface area contributed by atoms with Crippen molar-refractivity contribution in [2.45, 2.75) is 46.1 Å². The fourth-order valence-corrected chi connectivity index (χ4v) is 2.57. The number of anilines is 2. The first-order chi connectivity index (χ1) is 9.69. The van der Waals surface area contributed by atoms with E-state index in [0.29, 0.717) is 6.04 Å². The highest BCUT2D eigenvalue weighted by atomic mass is 15.2. The van der Waals surface area contributed by atoms with Crippen LogP contribution in [-0.2, 0) is 0 Å². The Balaban J connectivity index is 2.50. The van der Waals surface area contributed by atoms with Crippen molar-refractivity contribution in [2.75, 3.05) is 17.2 Å². The second-order valence-electron chi connectivity index (χ2n) is 5.40. The number of nitrogens with two attached hydrogens (primary N) is 1. The molecule has 0 aliphatic rings. The van der Waals surface area contributed by atoms with Crippen LogP contribution in [0.15, 0.2) is 30.6 Å². The van der Waals surface area contributed by atoms with Crippen LogP contribution in [0.25, 0.3) is 10.8 Å². The standard InChI is InChI=1S/C17H25N3/c1-4-6-11-20(13(3)5-2)17-8-7-16(18)15-12-19-10-9-14(15)17/h7-10,12-13H,4-6,11,18H2,1-3H3. The lowest BCUT2D eigenvalue weighted by Gasteiger charge is -2.32. The molecule has 0 aliphatic carbocycles. The van der Waals surface area contributed by atoms with Crippen molar-refractivity contribution < 1.29 is 0 Å². The molecule has 1 aromatic heterocycles. The number of hydrogen-bond donors (Lipinski definition) is 1. The van der Waals surface area contributed by atoms with E-state index in [4.69, 9.17) is 5.73 Å². The van der Waals surface area contributed by atoms with Gasteiger partial charge in [-0.25, -0.2) is 0 Å². The van der Waals surface area contributed by atoms with Gasteiger partial charge in [0.05, 0.1) is 0 Å². The molecule has 1 aromatic carbocycles. The van der Waals surface area contributed by atoms with Crippen molar-refractivity contribution in [2.24, 2.45) is 0 Å². The zero-order valence-electron chi connectivity index (χ0n) is 12.8. The summed E-state index contributed by atoms with van der Waals surface area (Å²) in [6, 6.07) is 6.75. The van der Waals surface area contributed by atoms with E-state index in [-0.39, 0.29) is 0 Å². The molecule has 1 heterocycles. The van der Waals surface area contributed by atoms with Gasteiger partial charge in [-0.15, -0.1) is 0 Å². The summed E-state index contributed by atoms with van der Waals surface area (Å²) in [7, 11) is 0. The number of rotatable bonds is 6. The molecule has 3 nitrogen and oxygen atoms in total. The SMILES string of the molecule is CCCCN(c1ccc(N)c2cnccc12)C(C)CC. The first-order valence-electron chi connectivity index (χ1n) is 7.57. The predicted octanol–water partition coefficient (Wildman–Crippen LogP) is 4.22. The lowest BCUT2D eigenvalue weighted by atomic mass is 10.1. The third kappa shape index (κ3) is 2.87. The van der Waals surface area contributed by atoms with Crippen LogP contribution in [0.5, 0.6) is 0 Å². The number of nitrogens with zero attached hydrogens (tertiary/aromatic N) is 2. The molecule has 0 saturated heterocycles. The van der Waals surface area contributed by atoms with Crippen LogP contribution >= 0.6 is 0 Å². The minimum atomic E-state index is 0.529. The third-order valence-electron chi connectivity index (χ3n) is 4.01. The van der Waals surface area contributed by atoms with Gasteiger partial charge in [-0.1, -0.05) is 20.3 Å². The molecular formula is C17H25N3. The third-order valence-corrected chi connectivity index (χ3v) is 4.01. The van der Waals surface area contributed by atoms with Crippen molar-refractivity contribution in [3.63, 3.8) is 0 Å². The Morgan fingerprint density at radius 3 is 2.70 bits per heavy atom. The van der Waals surface area contributed by atoms with E-state index < -0.39 is 0 Å². The van der Waals surface area contributed by atoms with Gasteiger partial charge in [-0.05, 0) is 38.0 Å². The van der Waals surface area contributed by atoms with Gasteiger partial charge in [-0.2, -0.15) is 0 Å². The maximum atomic E-state index is 6.08. The van der Waals surface area contributed by atoms with Crippen molar-refractivity contribution in [1.29, 1.82) is 0 Å². The van der Waals surface area contributed by atoms with Crippen LogP contribution in [0, 0.1) is 0 Å². The summed E-state index contributed by atoms with van der Waals surface area (Å²) in [5.41, 5.74) is 8.15. The minimum Gasteiger partial charge on any atom is -0.398 e. The molecule has 0 aliphatic heterocycles. The van der Waals surface area contributed by atoms with Crippen molar-refractivity contribution in [1.82, 2.24) is 4.98 Å². The van der Waals surface area contributed by atoms with Crippen LogP contribution in [0.1, 0.15) is 40.0 Å². The highest BCUT2D eigenvalue weighted by molar-refractivity contribution is 6.00. The largest absolute Gasteiger partial charge is 0.398 e. The van der Waals surface area contributed by atoms with Gasteiger partial charge < -0.3 is 10.6 Å². The highest BCUT2D eigenvalue weighted by Crippen LogP contribution is 2.32. The number of pyridine rings is 1.